The summed E-state index contributed by atoms with van der Waals surface area (Å²) in [7, 11) is 0. The van der Waals surface area contributed by atoms with Crippen LogP contribution in [0.3, 0.4) is 0 Å². The molecular weight excluding hydrogens is 524 g/mol. The number of fused-ring (bicyclic) bond motifs is 3. The Bertz CT molecular complexity index is 1360. The van der Waals surface area contributed by atoms with Gasteiger partial charge in [0.1, 0.15) is 49.4 Å². The van der Waals surface area contributed by atoms with Crippen molar-refractivity contribution in [3.05, 3.63) is 107 Å². The van der Waals surface area contributed by atoms with Crippen LogP contribution in [-0.2, 0) is 5.41 Å². The van der Waals surface area contributed by atoms with Crippen LogP contribution in [0.4, 0.5) is 0 Å². The lowest BCUT2D eigenvalue weighted by atomic mass is 9.67. The van der Waals surface area contributed by atoms with E-state index in [4.69, 9.17) is 18.9 Å². The predicted octanol–water partition coefficient (Wildman–Crippen LogP) is 3.53. The summed E-state index contributed by atoms with van der Waals surface area (Å²) in [6, 6.07) is 27.2. The van der Waals surface area contributed by atoms with E-state index in [1.54, 1.807) is 12.1 Å². The highest BCUT2D eigenvalue weighted by Crippen LogP contribution is 2.60. The van der Waals surface area contributed by atoms with E-state index in [9.17, 15) is 20.4 Å². The minimum absolute atomic E-state index is 0.0801. The van der Waals surface area contributed by atoms with E-state index >= 15 is 0 Å². The average molecular weight is 559 g/mol. The molecule has 0 amide bonds. The summed E-state index contributed by atoms with van der Waals surface area (Å²) >= 11 is 0. The van der Waals surface area contributed by atoms with Crippen LogP contribution in [0.2, 0.25) is 0 Å². The topological polar surface area (TPSA) is 118 Å². The normalized spacial score (nSPS) is 12.9. The third-order valence-electron chi connectivity index (χ3n) is 7.08. The van der Waals surface area contributed by atoms with E-state index in [1.807, 2.05) is 48.5 Å². The highest BCUT2D eigenvalue weighted by molar-refractivity contribution is 5.87. The summed E-state index contributed by atoms with van der Waals surface area (Å²) in [5.41, 5.74) is 4.50. The third kappa shape index (κ3) is 5.35. The quantitative estimate of drug-likeness (QED) is 0.164. The molecule has 0 saturated heterocycles. The molecule has 0 heterocycles. The number of rotatable bonds is 14. The molecule has 41 heavy (non-hydrogen) atoms. The van der Waals surface area contributed by atoms with Gasteiger partial charge in [0.25, 0.3) is 0 Å². The Hall–Kier alpha value is -4.08. The summed E-state index contributed by atoms with van der Waals surface area (Å²) in [6.07, 6.45) is 0. The van der Waals surface area contributed by atoms with Crippen LogP contribution in [-0.4, -0.2) is 73.3 Å². The van der Waals surface area contributed by atoms with E-state index in [1.165, 1.54) is 0 Å². The second kappa shape index (κ2) is 13.1. The number of ether oxygens (including phenoxy) is 4. The van der Waals surface area contributed by atoms with Crippen molar-refractivity contribution < 1.29 is 39.4 Å². The maximum atomic E-state index is 9.65. The Morgan fingerprint density at radius 2 is 0.829 bits per heavy atom. The number of hydrogen-bond donors (Lipinski definition) is 4. The second-order valence-electron chi connectivity index (χ2n) is 9.45. The monoisotopic (exact) mass is 558 g/mol. The minimum atomic E-state index is -1.00. The van der Waals surface area contributed by atoms with Crippen LogP contribution in [0.5, 0.6) is 23.0 Å². The predicted molar refractivity (Wildman–Crippen MR) is 154 cm³/mol. The first-order valence-electron chi connectivity index (χ1n) is 13.6. The lowest BCUT2D eigenvalue weighted by Crippen LogP contribution is -2.30. The van der Waals surface area contributed by atoms with Crippen molar-refractivity contribution in [1.82, 2.24) is 0 Å². The zero-order valence-corrected chi connectivity index (χ0v) is 22.7. The Morgan fingerprint density at radius 3 is 1.24 bits per heavy atom. The van der Waals surface area contributed by atoms with Gasteiger partial charge in [0, 0.05) is 11.1 Å². The van der Waals surface area contributed by atoms with E-state index in [-0.39, 0.29) is 52.9 Å². The fraction of sp³-hybridized carbons (Fsp3) is 0.273. The van der Waals surface area contributed by atoms with Gasteiger partial charge in [-0.25, -0.2) is 0 Å². The molecule has 4 aromatic rings. The zero-order chi connectivity index (χ0) is 28.7. The average Bonchev–Trinajstić information content (AvgIpc) is 3.32. The van der Waals surface area contributed by atoms with E-state index < -0.39 is 5.41 Å². The first-order chi connectivity index (χ1) is 20.2. The lowest BCUT2D eigenvalue weighted by Gasteiger charge is -2.36. The zero-order valence-electron chi connectivity index (χ0n) is 22.7. The molecule has 0 aromatic heterocycles. The Balaban J connectivity index is 1.90. The first-order valence-corrected chi connectivity index (χ1v) is 13.6. The summed E-state index contributed by atoms with van der Waals surface area (Å²) in [5.74, 6) is 2.16. The molecule has 0 aliphatic heterocycles. The van der Waals surface area contributed by atoms with Gasteiger partial charge in [-0.05, 0) is 58.7 Å². The summed E-state index contributed by atoms with van der Waals surface area (Å²) < 4.78 is 24.0. The molecule has 1 aliphatic rings. The van der Waals surface area contributed by atoms with Crippen LogP contribution < -0.4 is 18.9 Å². The molecule has 8 heteroatoms. The van der Waals surface area contributed by atoms with Gasteiger partial charge in [-0.15, -0.1) is 0 Å². The second-order valence-corrected chi connectivity index (χ2v) is 9.45. The van der Waals surface area contributed by atoms with Crippen LogP contribution in [0, 0.1) is 0 Å². The highest BCUT2D eigenvalue weighted by atomic mass is 16.5. The maximum absolute atomic E-state index is 9.65. The largest absolute Gasteiger partial charge is 0.491 e. The number of aliphatic hydroxyl groups excluding tert-OH is 4. The molecule has 8 nitrogen and oxygen atoms in total. The van der Waals surface area contributed by atoms with E-state index in [2.05, 4.69) is 24.3 Å². The third-order valence-corrected chi connectivity index (χ3v) is 7.08. The van der Waals surface area contributed by atoms with Gasteiger partial charge < -0.3 is 39.4 Å². The Morgan fingerprint density at radius 1 is 0.439 bits per heavy atom. The van der Waals surface area contributed by atoms with Gasteiger partial charge in [-0.1, -0.05) is 48.5 Å². The molecule has 0 saturated carbocycles. The van der Waals surface area contributed by atoms with Crippen molar-refractivity contribution in [3.63, 3.8) is 0 Å². The molecule has 214 valence electrons. The van der Waals surface area contributed by atoms with Crippen LogP contribution in [0.25, 0.3) is 11.1 Å². The van der Waals surface area contributed by atoms with Crippen molar-refractivity contribution in [3.8, 4) is 34.1 Å². The van der Waals surface area contributed by atoms with Crippen molar-refractivity contribution >= 4 is 0 Å². The molecule has 0 atom stereocenters. The fourth-order valence-electron chi connectivity index (χ4n) is 5.63. The molecule has 0 fully saturated rings. The summed E-state index contributed by atoms with van der Waals surface area (Å²) in [5, 5.41) is 38.2. The van der Waals surface area contributed by atoms with Crippen molar-refractivity contribution in [1.29, 1.82) is 0 Å². The minimum Gasteiger partial charge on any atom is -0.491 e. The van der Waals surface area contributed by atoms with E-state index in [0.29, 0.717) is 23.0 Å². The van der Waals surface area contributed by atoms with Crippen molar-refractivity contribution in [2.24, 2.45) is 0 Å². The van der Waals surface area contributed by atoms with Crippen LogP contribution >= 0.6 is 0 Å². The van der Waals surface area contributed by atoms with Crippen LogP contribution in [0.15, 0.2) is 84.9 Å². The maximum Gasteiger partial charge on any atom is 0.124 e. The smallest absolute Gasteiger partial charge is 0.124 e. The number of hydrogen-bond acceptors (Lipinski definition) is 8. The molecule has 1 aliphatic carbocycles. The van der Waals surface area contributed by atoms with Crippen LogP contribution in [0.1, 0.15) is 22.3 Å². The fourth-order valence-corrected chi connectivity index (χ4v) is 5.63. The SMILES string of the molecule is OCCOc1ccc(OCCO)c(C2(c3cc(OCCO)ccc3OCCO)c3ccccc3-c3ccccc32)c1. The van der Waals surface area contributed by atoms with Gasteiger partial charge in [0.15, 0.2) is 0 Å². The molecule has 0 bridgehead atoms. The highest BCUT2D eigenvalue weighted by Gasteiger charge is 2.49. The molecule has 4 aromatic carbocycles. The molecular formula is C33H34O8. The Labute approximate surface area is 239 Å². The standard InChI is InChI=1S/C33H34O8/c34-13-17-38-23-9-11-31(40-19-15-36)29(21-23)33(27-7-3-1-5-25(27)26-6-2-4-8-28(26)33)30-22-24(39-18-14-35)10-12-32(30)41-20-16-37/h1-12,21-22,34-37H,13-20H2. The van der Waals surface area contributed by atoms with Crippen molar-refractivity contribution in [2.75, 3.05) is 52.9 Å². The lowest BCUT2D eigenvalue weighted by molar-refractivity contribution is 0.194. The molecule has 0 spiro atoms. The summed E-state index contributed by atoms with van der Waals surface area (Å²) in [4.78, 5) is 0. The first kappa shape index (κ1) is 28.4. The molecule has 0 unspecified atom stereocenters. The van der Waals surface area contributed by atoms with Gasteiger partial charge >= 0.3 is 0 Å². The molecule has 5 rings (SSSR count). The molecule has 4 N–H and O–H groups in total. The van der Waals surface area contributed by atoms with Gasteiger partial charge in [0.2, 0.25) is 0 Å². The van der Waals surface area contributed by atoms with Crippen molar-refractivity contribution in [2.45, 2.75) is 5.41 Å². The Kier molecular flexibility index (Phi) is 9.06. The molecule has 0 radical (unpaired) electrons. The van der Waals surface area contributed by atoms with Gasteiger partial charge in [0.05, 0.1) is 31.8 Å². The van der Waals surface area contributed by atoms with E-state index in [0.717, 1.165) is 33.4 Å². The number of aliphatic hydroxyl groups is 4. The summed E-state index contributed by atoms with van der Waals surface area (Å²) in [6.45, 7) is -0.225. The van der Waals surface area contributed by atoms with Gasteiger partial charge in [-0.2, -0.15) is 0 Å². The number of benzene rings is 4. The van der Waals surface area contributed by atoms with Gasteiger partial charge in [-0.3, -0.25) is 0 Å².